The third-order valence-electron chi connectivity index (χ3n) is 5.75. The maximum atomic E-state index is 13.1. The third kappa shape index (κ3) is 4.03. The Labute approximate surface area is 179 Å². The fourth-order valence-corrected chi connectivity index (χ4v) is 5.52. The molecule has 2 atom stereocenters. The molecule has 0 saturated heterocycles. The number of hydrogen-bond donors (Lipinski definition) is 3. The fraction of sp³-hybridized carbons (Fsp3) is 0.348. The van der Waals surface area contributed by atoms with E-state index in [2.05, 4.69) is 10.6 Å². The van der Waals surface area contributed by atoms with Gasteiger partial charge in [-0.1, -0.05) is 24.3 Å². The summed E-state index contributed by atoms with van der Waals surface area (Å²) in [7, 11) is 0. The zero-order valence-electron chi connectivity index (χ0n) is 16.7. The molecule has 0 radical (unpaired) electrons. The zero-order chi connectivity index (χ0) is 21.3. The van der Waals surface area contributed by atoms with Crippen molar-refractivity contribution < 1.29 is 19.5 Å². The van der Waals surface area contributed by atoms with Crippen LogP contribution in [0.1, 0.15) is 45.6 Å². The summed E-state index contributed by atoms with van der Waals surface area (Å²) in [6.07, 6.45) is 7.08. The van der Waals surface area contributed by atoms with Gasteiger partial charge in [0.2, 0.25) is 5.91 Å². The summed E-state index contributed by atoms with van der Waals surface area (Å²) < 4.78 is 0. The van der Waals surface area contributed by atoms with Crippen molar-refractivity contribution in [3.63, 3.8) is 0 Å². The fourth-order valence-electron chi connectivity index (χ4n) is 4.23. The molecule has 2 aromatic rings. The van der Waals surface area contributed by atoms with Crippen molar-refractivity contribution in [3.8, 4) is 0 Å². The zero-order valence-corrected chi connectivity index (χ0v) is 17.6. The van der Waals surface area contributed by atoms with Crippen LogP contribution in [0.3, 0.4) is 0 Å². The lowest BCUT2D eigenvalue weighted by molar-refractivity contribution is -0.146. The van der Waals surface area contributed by atoms with E-state index in [0.29, 0.717) is 29.1 Å². The minimum Gasteiger partial charge on any atom is -0.481 e. The van der Waals surface area contributed by atoms with E-state index in [1.807, 2.05) is 43.3 Å². The van der Waals surface area contributed by atoms with Gasteiger partial charge in [0.1, 0.15) is 5.00 Å². The average molecular weight is 425 g/mol. The Balaban J connectivity index is 1.60. The van der Waals surface area contributed by atoms with Gasteiger partial charge in [-0.15, -0.1) is 11.3 Å². The maximum Gasteiger partial charge on any atom is 0.307 e. The molecule has 2 aliphatic carbocycles. The Kier molecular flexibility index (Phi) is 5.72. The number of fused-ring (bicyclic) bond motifs is 1. The first kappa shape index (κ1) is 20.3. The SMILES string of the molecule is Cc1cccc(NC(=O)c2c(NC(=O)[C@H]3CC=CC[C@H]3C(=O)O)sc3c2CCC3)c1. The predicted molar refractivity (Wildman–Crippen MR) is 117 cm³/mol. The van der Waals surface area contributed by atoms with Crippen LogP contribution in [0.5, 0.6) is 0 Å². The number of carboxylic acids is 1. The molecule has 2 amide bonds. The lowest BCUT2D eigenvalue weighted by atomic mass is 9.82. The van der Waals surface area contributed by atoms with E-state index in [-0.39, 0.29) is 11.8 Å². The highest BCUT2D eigenvalue weighted by Crippen LogP contribution is 2.40. The highest BCUT2D eigenvalue weighted by atomic mass is 32.1. The Morgan fingerprint density at radius 2 is 1.83 bits per heavy atom. The van der Waals surface area contributed by atoms with Crippen molar-refractivity contribution in [2.24, 2.45) is 11.8 Å². The number of rotatable bonds is 5. The molecule has 6 nitrogen and oxygen atoms in total. The van der Waals surface area contributed by atoms with Crippen LogP contribution in [-0.4, -0.2) is 22.9 Å². The van der Waals surface area contributed by atoms with Gasteiger partial charge in [0, 0.05) is 10.6 Å². The summed E-state index contributed by atoms with van der Waals surface area (Å²) in [5.41, 5.74) is 3.26. The van der Waals surface area contributed by atoms with E-state index in [0.717, 1.165) is 35.3 Å². The van der Waals surface area contributed by atoms with Crippen molar-refractivity contribution in [2.45, 2.75) is 39.0 Å². The molecule has 0 spiro atoms. The Morgan fingerprint density at radius 1 is 1.07 bits per heavy atom. The van der Waals surface area contributed by atoms with Gasteiger partial charge in [-0.2, -0.15) is 0 Å². The standard InChI is InChI=1S/C23H24N2O4S/c1-13-6-4-7-14(12-13)24-21(27)19-17-10-5-11-18(17)30-22(19)25-20(26)15-8-2-3-9-16(15)23(28)29/h2-4,6-7,12,15-16H,5,8-11H2,1H3,(H,24,27)(H,25,26)(H,28,29)/t15-,16+/m0/s1. The summed E-state index contributed by atoms with van der Waals surface area (Å²) in [5.74, 6) is -2.93. The van der Waals surface area contributed by atoms with Crippen molar-refractivity contribution in [1.82, 2.24) is 0 Å². The second kappa shape index (κ2) is 8.44. The second-order valence-electron chi connectivity index (χ2n) is 7.87. The molecular weight excluding hydrogens is 400 g/mol. The summed E-state index contributed by atoms with van der Waals surface area (Å²) >= 11 is 1.43. The first-order valence-electron chi connectivity index (χ1n) is 10.1. The molecule has 1 aromatic carbocycles. The van der Waals surface area contributed by atoms with Gasteiger partial charge >= 0.3 is 5.97 Å². The summed E-state index contributed by atoms with van der Waals surface area (Å²) in [4.78, 5) is 38.8. The largest absolute Gasteiger partial charge is 0.481 e. The number of carboxylic acid groups (broad SMARTS) is 1. The number of amides is 2. The Hall–Kier alpha value is -2.93. The molecule has 1 heterocycles. The molecule has 2 aliphatic rings. The van der Waals surface area contributed by atoms with Gasteiger partial charge in [0.25, 0.3) is 5.91 Å². The van der Waals surface area contributed by atoms with Crippen LogP contribution < -0.4 is 10.6 Å². The van der Waals surface area contributed by atoms with Gasteiger partial charge in [0.15, 0.2) is 0 Å². The van der Waals surface area contributed by atoms with Crippen LogP contribution in [0, 0.1) is 18.8 Å². The Bertz CT molecular complexity index is 1040. The van der Waals surface area contributed by atoms with Gasteiger partial charge in [-0.05, 0) is 62.3 Å². The molecule has 3 N–H and O–H groups in total. The molecule has 0 aliphatic heterocycles. The Morgan fingerprint density at radius 3 is 2.57 bits per heavy atom. The number of anilines is 2. The number of benzene rings is 1. The molecule has 4 rings (SSSR count). The topological polar surface area (TPSA) is 95.5 Å². The molecule has 156 valence electrons. The monoisotopic (exact) mass is 424 g/mol. The summed E-state index contributed by atoms with van der Waals surface area (Å²) in [6, 6.07) is 7.57. The molecule has 30 heavy (non-hydrogen) atoms. The van der Waals surface area contributed by atoms with E-state index in [1.54, 1.807) is 0 Å². The molecule has 0 saturated carbocycles. The average Bonchev–Trinajstić information content (AvgIpc) is 3.28. The first-order valence-corrected chi connectivity index (χ1v) is 11.0. The number of nitrogens with one attached hydrogen (secondary N) is 2. The predicted octanol–water partition coefficient (Wildman–Crippen LogP) is 4.40. The van der Waals surface area contributed by atoms with E-state index in [4.69, 9.17) is 0 Å². The van der Waals surface area contributed by atoms with Gasteiger partial charge in [-0.25, -0.2) is 0 Å². The minimum atomic E-state index is -0.967. The summed E-state index contributed by atoms with van der Waals surface area (Å²) in [5, 5.41) is 15.8. The lowest BCUT2D eigenvalue weighted by Crippen LogP contribution is -2.35. The smallest absolute Gasteiger partial charge is 0.307 e. The number of aryl methyl sites for hydroxylation is 2. The normalized spacial score (nSPS) is 19.9. The maximum absolute atomic E-state index is 13.1. The highest BCUT2D eigenvalue weighted by Gasteiger charge is 2.35. The number of allylic oxidation sites excluding steroid dienone is 2. The van der Waals surface area contributed by atoms with Crippen LogP contribution in [0.25, 0.3) is 0 Å². The lowest BCUT2D eigenvalue weighted by Gasteiger charge is -2.24. The number of aliphatic carboxylic acids is 1. The minimum absolute atomic E-state index is 0.242. The van der Waals surface area contributed by atoms with Gasteiger partial charge in [-0.3, -0.25) is 14.4 Å². The number of carbonyl (C=O) groups is 3. The highest BCUT2D eigenvalue weighted by molar-refractivity contribution is 7.17. The van der Waals surface area contributed by atoms with Crippen molar-refractivity contribution in [2.75, 3.05) is 10.6 Å². The summed E-state index contributed by atoms with van der Waals surface area (Å²) in [6.45, 7) is 1.96. The van der Waals surface area contributed by atoms with Crippen LogP contribution in [0.2, 0.25) is 0 Å². The van der Waals surface area contributed by atoms with Crippen LogP contribution >= 0.6 is 11.3 Å². The number of hydrogen-bond acceptors (Lipinski definition) is 4. The van der Waals surface area contributed by atoms with Crippen LogP contribution in [0.15, 0.2) is 36.4 Å². The quantitative estimate of drug-likeness (QED) is 0.620. The van der Waals surface area contributed by atoms with E-state index < -0.39 is 17.8 Å². The van der Waals surface area contributed by atoms with Gasteiger partial charge < -0.3 is 15.7 Å². The van der Waals surface area contributed by atoms with Gasteiger partial charge in [0.05, 0.1) is 17.4 Å². The molecule has 7 heteroatoms. The molecule has 0 unspecified atom stereocenters. The molecule has 1 aromatic heterocycles. The first-order chi connectivity index (χ1) is 14.4. The number of thiophene rings is 1. The van der Waals surface area contributed by atoms with E-state index in [1.165, 1.54) is 11.3 Å². The number of carbonyl (C=O) groups excluding carboxylic acids is 2. The molecular formula is C23H24N2O4S. The molecule has 0 fully saturated rings. The van der Waals surface area contributed by atoms with E-state index in [9.17, 15) is 19.5 Å². The van der Waals surface area contributed by atoms with E-state index >= 15 is 0 Å². The molecule has 0 bridgehead atoms. The third-order valence-corrected chi connectivity index (χ3v) is 6.95. The van der Waals surface area contributed by atoms with Crippen molar-refractivity contribution >= 4 is 39.8 Å². The van der Waals surface area contributed by atoms with Crippen LogP contribution in [-0.2, 0) is 22.4 Å². The van der Waals surface area contributed by atoms with Crippen molar-refractivity contribution in [1.29, 1.82) is 0 Å². The van der Waals surface area contributed by atoms with Crippen molar-refractivity contribution in [3.05, 3.63) is 58.0 Å². The van der Waals surface area contributed by atoms with Crippen LogP contribution in [0.4, 0.5) is 10.7 Å². The second-order valence-corrected chi connectivity index (χ2v) is 8.97.